The number of hydrogen-bond donors (Lipinski definition) is 2. The Morgan fingerprint density at radius 2 is 0.886 bits per heavy atom. The third-order valence-electron chi connectivity index (χ3n) is 12.6. The normalized spacial score (nSPS) is 28.5. The molecule has 210 valence electrons. The van der Waals surface area contributed by atoms with E-state index in [1.807, 2.05) is 0 Å². The molecule has 0 aromatic carbocycles. The van der Waals surface area contributed by atoms with Gasteiger partial charge in [0, 0.05) is 45.7 Å². The summed E-state index contributed by atoms with van der Waals surface area (Å²) in [7, 11) is 0. The van der Waals surface area contributed by atoms with Crippen molar-refractivity contribution in [3.63, 3.8) is 0 Å². The number of allylic oxidation sites excluding steroid dienone is 12. The highest BCUT2D eigenvalue weighted by Crippen LogP contribution is 2.56. The summed E-state index contributed by atoms with van der Waals surface area (Å²) >= 11 is 0. The minimum absolute atomic E-state index is 0.507. The Bertz CT molecular complexity index is 2410. The van der Waals surface area contributed by atoms with Gasteiger partial charge in [0.15, 0.2) is 0 Å². The fraction of sp³-hybridized carbons (Fsp3) is 0.300. The SMILES string of the molecule is C1=C2CC3=C(c4cc5nc(cc6[nH]c(cc7[nH]c(cc3n4)c3c7CC4=CC3C4)c3c6CC4=CC3C4)C3=C5CC4=CC3C4)C1C2. The van der Waals surface area contributed by atoms with Crippen LogP contribution in [0.3, 0.4) is 0 Å². The van der Waals surface area contributed by atoms with Crippen LogP contribution in [0.2, 0.25) is 0 Å². The monoisotopic (exact) mass is 566 g/mol. The van der Waals surface area contributed by atoms with Gasteiger partial charge in [-0.3, -0.25) is 0 Å². The summed E-state index contributed by atoms with van der Waals surface area (Å²) in [6, 6.07) is 9.63. The minimum Gasteiger partial charge on any atom is -0.355 e. The van der Waals surface area contributed by atoms with E-state index in [2.05, 4.69) is 58.5 Å². The van der Waals surface area contributed by atoms with Crippen molar-refractivity contribution in [1.29, 1.82) is 0 Å². The Labute approximate surface area is 254 Å². The van der Waals surface area contributed by atoms with E-state index in [1.165, 1.54) is 104 Å². The molecule has 3 aromatic heterocycles. The van der Waals surface area contributed by atoms with Crippen LogP contribution < -0.4 is 0 Å². The summed E-state index contributed by atoms with van der Waals surface area (Å²) in [5, 5.41) is 0. The predicted octanol–water partition coefficient (Wildman–Crippen LogP) is 8.78. The maximum absolute atomic E-state index is 5.45. The lowest BCUT2D eigenvalue weighted by Gasteiger charge is -2.34. The molecule has 4 unspecified atom stereocenters. The number of hydrogen-bond acceptors (Lipinski definition) is 2. The highest BCUT2D eigenvalue weighted by atomic mass is 14.8. The fourth-order valence-corrected chi connectivity index (χ4v) is 10.5. The molecule has 0 radical (unpaired) electrons. The zero-order valence-electron chi connectivity index (χ0n) is 24.5. The summed E-state index contributed by atoms with van der Waals surface area (Å²) in [5.74, 6) is 2.09. The van der Waals surface area contributed by atoms with Gasteiger partial charge in [0.05, 0.1) is 22.8 Å². The zero-order valence-corrected chi connectivity index (χ0v) is 24.5. The van der Waals surface area contributed by atoms with Gasteiger partial charge in [-0.15, -0.1) is 0 Å². The van der Waals surface area contributed by atoms with Crippen molar-refractivity contribution in [3.05, 3.63) is 116 Å². The molecule has 4 nitrogen and oxygen atoms in total. The van der Waals surface area contributed by atoms with Gasteiger partial charge in [-0.05, 0) is 120 Å². The first-order valence-electron chi connectivity index (χ1n) is 16.7. The van der Waals surface area contributed by atoms with E-state index in [9.17, 15) is 0 Å². The average molecular weight is 567 g/mol. The van der Waals surface area contributed by atoms with Crippen LogP contribution in [0.4, 0.5) is 0 Å². The van der Waals surface area contributed by atoms with Gasteiger partial charge < -0.3 is 9.97 Å². The van der Waals surface area contributed by atoms with Gasteiger partial charge in [-0.25, -0.2) is 9.97 Å². The zero-order chi connectivity index (χ0) is 28.0. The fourth-order valence-electron chi connectivity index (χ4n) is 10.5. The lowest BCUT2D eigenvalue weighted by Crippen LogP contribution is -2.18. The molecule has 0 fully saturated rings. The third-order valence-corrected chi connectivity index (χ3v) is 12.6. The highest BCUT2D eigenvalue weighted by molar-refractivity contribution is 6.01. The number of nitrogens with one attached hydrogen (secondary N) is 2. The minimum atomic E-state index is 0.507. The Kier molecular flexibility index (Phi) is 3.57. The molecule has 4 atom stereocenters. The van der Waals surface area contributed by atoms with Gasteiger partial charge in [0.25, 0.3) is 0 Å². The molecule has 4 heteroatoms. The molecule has 14 aliphatic rings. The van der Waals surface area contributed by atoms with Gasteiger partial charge >= 0.3 is 0 Å². The maximum atomic E-state index is 5.45. The van der Waals surface area contributed by atoms with Crippen molar-refractivity contribution in [2.45, 2.75) is 63.2 Å². The number of rotatable bonds is 0. The van der Waals surface area contributed by atoms with E-state index in [0.29, 0.717) is 23.7 Å². The van der Waals surface area contributed by atoms with E-state index in [4.69, 9.17) is 9.97 Å². The van der Waals surface area contributed by atoms with Crippen LogP contribution in [-0.2, 0) is 12.8 Å². The van der Waals surface area contributed by atoms with Crippen molar-refractivity contribution in [2.75, 3.05) is 0 Å². The Morgan fingerprint density at radius 3 is 1.48 bits per heavy atom. The largest absolute Gasteiger partial charge is 0.355 e. The second-order valence-electron chi connectivity index (χ2n) is 15.1. The molecule has 2 N–H and O–H groups in total. The molecular formula is C40H30N4. The first-order valence-corrected chi connectivity index (χ1v) is 16.7. The molecule has 44 heavy (non-hydrogen) atoms. The van der Waals surface area contributed by atoms with Crippen LogP contribution in [0, 0.1) is 11.8 Å². The Balaban J connectivity index is 1.18. The van der Waals surface area contributed by atoms with Crippen LogP contribution in [0.25, 0.3) is 44.4 Å². The van der Waals surface area contributed by atoms with Crippen molar-refractivity contribution in [2.24, 2.45) is 11.8 Å². The first-order chi connectivity index (χ1) is 21.7. The molecule has 3 aromatic rings. The number of nitrogens with zero attached hydrogens (tertiary/aromatic N) is 2. The van der Waals surface area contributed by atoms with Crippen LogP contribution in [-0.4, -0.2) is 19.9 Å². The van der Waals surface area contributed by atoms with Gasteiger partial charge in [0.2, 0.25) is 0 Å². The molecule has 12 aliphatic carbocycles. The lowest BCUT2D eigenvalue weighted by molar-refractivity contribution is 0.678. The number of aromatic nitrogens is 4. The van der Waals surface area contributed by atoms with Crippen LogP contribution >= 0.6 is 0 Å². The molecule has 16 bridgehead atoms. The van der Waals surface area contributed by atoms with Crippen molar-refractivity contribution >= 4 is 44.4 Å². The highest BCUT2D eigenvalue weighted by Gasteiger charge is 2.40. The summed E-state index contributed by atoms with van der Waals surface area (Å²) < 4.78 is 0. The third kappa shape index (κ3) is 2.58. The van der Waals surface area contributed by atoms with Crippen molar-refractivity contribution < 1.29 is 0 Å². The molecule has 0 saturated heterocycles. The van der Waals surface area contributed by atoms with Gasteiger partial charge in [-0.2, -0.15) is 0 Å². The molecule has 17 rings (SSSR count). The second-order valence-corrected chi connectivity index (χ2v) is 15.1. The lowest BCUT2D eigenvalue weighted by atomic mass is 9.69. The van der Waals surface area contributed by atoms with Crippen molar-refractivity contribution in [3.8, 4) is 0 Å². The van der Waals surface area contributed by atoms with Crippen molar-refractivity contribution in [1.82, 2.24) is 19.9 Å². The summed E-state index contributed by atoms with van der Waals surface area (Å²) in [4.78, 5) is 18.9. The second kappa shape index (κ2) is 7.10. The predicted molar refractivity (Wildman–Crippen MR) is 175 cm³/mol. The van der Waals surface area contributed by atoms with E-state index < -0.39 is 0 Å². The molecule has 5 heterocycles. The molecule has 0 amide bonds. The molecule has 0 spiro atoms. The Morgan fingerprint density at radius 1 is 0.455 bits per heavy atom. The quantitative estimate of drug-likeness (QED) is 0.267. The topological polar surface area (TPSA) is 57.4 Å². The molecule has 2 aliphatic heterocycles. The number of H-pyrrole nitrogens is 2. The molecular weight excluding hydrogens is 536 g/mol. The Hall–Kier alpha value is -4.44. The molecule has 0 saturated carbocycles. The summed E-state index contributed by atoms with van der Waals surface area (Å²) in [6.45, 7) is 0. The van der Waals surface area contributed by atoms with E-state index in [-0.39, 0.29) is 0 Å². The van der Waals surface area contributed by atoms with Crippen LogP contribution in [0.1, 0.15) is 95.4 Å². The maximum Gasteiger partial charge on any atom is 0.0700 e. The summed E-state index contributed by atoms with van der Waals surface area (Å²) in [6.07, 6.45) is 19.1. The number of fused-ring (bicyclic) bond motifs is 8. The van der Waals surface area contributed by atoms with E-state index >= 15 is 0 Å². The first kappa shape index (κ1) is 22.1. The number of aromatic amines is 2. The van der Waals surface area contributed by atoms with Gasteiger partial charge in [-0.1, -0.05) is 46.6 Å². The average Bonchev–Trinajstić information content (AvgIpc) is 3.71. The van der Waals surface area contributed by atoms with E-state index in [0.717, 1.165) is 37.1 Å². The van der Waals surface area contributed by atoms with Crippen LogP contribution in [0.5, 0.6) is 0 Å². The van der Waals surface area contributed by atoms with E-state index in [1.54, 1.807) is 22.3 Å². The summed E-state index contributed by atoms with van der Waals surface area (Å²) in [5.41, 5.74) is 28.0. The smallest absolute Gasteiger partial charge is 0.0700 e. The van der Waals surface area contributed by atoms with Crippen LogP contribution in [0.15, 0.2) is 70.9 Å². The van der Waals surface area contributed by atoms with Gasteiger partial charge in [0.1, 0.15) is 0 Å². The standard InChI is InChI=1S/C40H30N4/c1-17-2-21(1)37-25(9-17)29-14-34-39-23-5-19(6-23)11-27(39)31(43-34)16-36-40-24-7-20(8-24)12-28(40)32(44-36)15-35-38-22-3-18(4-22)10-26(38)30(42-35)13-33(37)41-29/h1,3,5,7,13-16,21-24,41-42H,2,4,6,8-12H2.